The molecule has 0 aliphatic carbocycles. The zero-order valence-electron chi connectivity index (χ0n) is 17.0. The highest BCUT2D eigenvalue weighted by atomic mass is 16.5. The monoisotopic (exact) mass is 380 g/mol. The first-order chi connectivity index (χ1) is 13.3. The van der Waals surface area contributed by atoms with Crippen molar-refractivity contribution in [2.24, 2.45) is 5.41 Å². The summed E-state index contributed by atoms with van der Waals surface area (Å²) >= 11 is 0. The highest BCUT2D eigenvalue weighted by Crippen LogP contribution is 2.28. The number of hydrogen-bond acceptors (Lipinski definition) is 3. The summed E-state index contributed by atoms with van der Waals surface area (Å²) in [5, 5.41) is 2.96. The molecule has 148 valence electrons. The van der Waals surface area contributed by atoms with Crippen LogP contribution in [0.3, 0.4) is 0 Å². The normalized spacial score (nSPS) is 16.7. The molecular weight excluding hydrogens is 352 g/mol. The SMILES string of the molecule is COc1cccc(-c2ccc(NC(=O)[C@@H]3CCCN3C(=O)C(C)(C)C)cc2)c1. The third-order valence-corrected chi connectivity index (χ3v) is 5.01. The lowest BCUT2D eigenvalue weighted by molar-refractivity contribution is -0.143. The van der Waals surface area contributed by atoms with Crippen LogP contribution in [0.25, 0.3) is 11.1 Å². The summed E-state index contributed by atoms with van der Waals surface area (Å²) in [5.41, 5.74) is 2.34. The van der Waals surface area contributed by atoms with Crippen molar-refractivity contribution in [1.82, 2.24) is 4.90 Å². The fourth-order valence-electron chi connectivity index (χ4n) is 3.49. The minimum absolute atomic E-state index is 0.0264. The van der Waals surface area contributed by atoms with Gasteiger partial charge in [-0.15, -0.1) is 0 Å². The van der Waals surface area contributed by atoms with E-state index in [-0.39, 0.29) is 11.8 Å². The second kappa shape index (κ2) is 8.05. The Bertz CT molecular complexity index is 853. The molecule has 1 fully saturated rings. The minimum atomic E-state index is -0.485. The number of amides is 2. The molecule has 1 heterocycles. The molecule has 3 rings (SSSR count). The van der Waals surface area contributed by atoms with Gasteiger partial charge in [-0.05, 0) is 48.2 Å². The van der Waals surface area contributed by atoms with E-state index < -0.39 is 11.5 Å². The zero-order chi connectivity index (χ0) is 20.3. The lowest BCUT2D eigenvalue weighted by Crippen LogP contribution is -2.47. The lowest BCUT2D eigenvalue weighted by atomic mass is 9.94. The summed E-state index contributed by atoms with van der Waals surface area (Å²) in [6.45, 7) is 6.31. The molecule has 0 radical (unpaired) electrons. The van der Waals surface area contributed by atoms with Crippen molar-refractivity contribution in [2.75, 3.05) is 19.0 Å². The number of benzene rings is 2. The topological polar surface area (TPSA) is 58.6 Å². The highest BCUT2D eigenvalue weighted by Gasteiger charge is 2.38. The average Bonchev–Trinajstić information content (AvgIpc) is 3.17. The predicted octanol–water partition coefficient (Wildman–Crippen LogP) is 4.34. The molecule has 1 saturated heterocycles. The van der Waals surface area contributed by atoms with Crippen molar-refractivity contribution < 1.29 is 14.3 Å². The van der Waals surface area contributed by atoms with E-state index in [4.69, 9.17) is 4.74 Å². The lowest BCUT2D eigenvalue weighted by Gasteiger charge is -2.30. The number of likely N-dealkylation sites (tertiary alicyclic amines) is 1. The Kier molecular flexibility index (Phi) is 5.73. The van der Waals surface area contributed by atoms with Crippen molar-refractivity contribution in [3.05, 3.63) is 48.5 Å². The number of ether oxygens (including phenoxy) is 1. The fourth-order valence-corrected chi connectivity index (χ4v) is 3.49. The van der Waals surface area contributed by atoms with Crippen LogP contribution in [-0.4, -0.2) is 36.4 Å². The zero-order valence-corrected chi connectivity index (χ0v) is 17.0. The van der Waals surface area contributed by atoms with Crippen molar-refractivity contribution in [1.29, 1.82) is 0 Å². The minimum Gasteiger partial charge on any atom is -0.497 e. The van der Waals surface area contributed by atoms with Crippen molar-refractivity contribution in [3.8, 4) is 16.9 Å². The van der Waals surface area contributed by atoms with Crippen molar-refractivity contribution in [3.63, 3.8) is 0 Å². The number of carbonyl (C=O) groups is 2. The summed E-state index contributed by atoms with van der Waals surface area (Å²) in [5.74, 6) is 0.711. The standard InChI is InChI=1S/C23H28N2O3/c1-23(2,3)22(27)25-14-6-9-20(25)21(26)24-18-12-10-16(11-13-18)17-7-5-8-19(15-17)28-4/h5,7-8,10-13,15,20H,6,9,14H2,1-4H3,(H,24,26)/t20-/m0/s1. The van der Waals surface area contributed by atoms with Crippen LogP contribution in [0.4, 0.5) is 5.69 Å². The van der Waals surface area contributed by atoms with Crippen molar-refractivity contribution >= 4 is 17.5 Å². The maximum absolute atomic E-state index is 12.8. The van der Waals surface area contributed by atoms with Gasteiger partial charge in [-0.25, -0.2) is 0 Å². The molecule has 0 bridgehead atoms. The van der Waals surface area contributed by atoms with Crippen LogP contribution in [0.15, 0.2) is 48.5 Å². The van der Waals surface area contributed by atoms with E-state index in [1.165, 1.54) is 0 Å². The van der Waals surface area contributed by atoms with Gasteiger partial charge in [0.05, 0.1) is 7.11 Å². The molecule has 0 aromatic heterocycles. The molecular formula is C23H28N2O3. The number of nitrogens with zero attached hydrogens (tertiary/aromatic N) is 1. The molecule has 0 spiro atoms. The Labute approximate surface area is 166 Å². The van der Waals surface area contributed by atoms with Crippen LogP contribution in [0.2, 0.25) is 0 Å². The third kappa shape index (κ3) is 4.35. The van der Waals surface area contributed by atoms with Crippen LogP contribution in [-0.2, 0) is 9.59 Å². The number of nitrogens with one attached hydrogen (secondary N) is 1. The Hall–Kier alpha value is -2.82. The molecule has 2 aromatic carbocycles. The average molecular weight is 380 g/mol. The van der Waals surface area contributed by atoms with Crippen LogP contribution < -0.4 is 10.1 Å². The van der Waals surface area contributed by atoms with Gasteiger partial charge in [0, 0.05) is 17.6 Å². The van der Waals surface area contributed by atoms with Crippen LogP contribution in [0, 0.1) is 5.41 Å². The first-order valence-corrected chi connectivity index (χ1v) is 9.66. The number of rotatable bonds is 4. The molecule has 0 saturated carbocycles. The van der Waals surface area contributed by atoms with Crippen LogP contribution in [0.5, 0.6) is 5.75 Å². The van der Waals surface area contributed by atoms with Crippen LogP contribution >= 0.6 is 0 Å². The van der Waals surface area contributed by atoms with Gasteiger partial charge in [0.1, 0.15) is 11.8 Å². The van der Waals surface area contributed by atoms with E-state index in [0.29, 0.717) is 13.0 Å². The molecule has 1 aliphatic rings. The van der Waals surface area contributed by atoms with Gasteiger partial charge in [-0.2, -0.15) is 0 Å². The number of carbonyl (C=O) groups excluding carboxylic acids is 2. The van der Waals surface area contributed by atoms with Crippen molar-refractivity contribution in [2.45, 2.75) is 39.7 Å². The summed E-state index contributed by atoms with van der Waals surface area (Å²) in [6, 6.07) is 15.2. The molecule has 28 heavy (non-hydrogen) atoms. The summed E-state index contributed by atoms with van der Waals surface area (Å²) in [4.78, 5) is 27.1. The number of hydrogen-bond donors (Lipinski definition) is 1. The summed E-state index contributed by atoms with van der Waals surface area (Å²) in [6.07, 6.45) is 1.56. The number of methoxy groups -OCH3 is 1. The smallest absolute Gasteiger partial charge is 0.247 e. The summed E-state index contributed by atoms with van der Waals surface area (Å²) in [7, 11) is 1.65. The third-order valence-electron chi connectivity index (χ3n) is 5.01. The van der Waals surface area contributed by atoms with Gasteiger partial charge >= 0.3 is 0 Å². The highest BCUT2D eigenvalue weighted by molar-refractivity contribution is 5.98. The quantitative estimate of drug-likeness (QED) is 0.858. The van der Waals surface area contributed by atoms with E-state index in [2.05, 4.69) is 5.32 Å². The second-order valence-electron chi connectivity index (χ2n) is 8.21. The van der Waals surface area contributed by atoms with Crippen LogP contribution in [0.1, 0.15) is 33.6 Å². The summed E-state index contributed by atoms with van der Waals surface area (Å²) < 4.78 is 5.27. The molecule has 0 unspecified atom stereocenters. The molecule has 2 aromatic rings. The van der Waals surface area contributed by atoms with E-state index in [9.17, 15) is 9.59 Å². The van der Waals surface area contributed by atoms with Gasteiger partial charge in [0.2, 0.25) is 11.8 Å². The maximum Gasteiger partial charge on any atom is 0.247 e. The number of anilines is 1. The van der Waals surface area contributed by atoms with E-state index in [1.54, 1.807) is 12.0 Å². The largest absolute Gasteiger partial charge is 0.497 e. The molecule has 1 N–H and O–H groups in total. The second-order valence-corrected chi connectivity index (χ2v) is 8.21. The Morgan fingerprint density at radius 2 is 1.79 bits per heavy atom. The molecule has 2 amide bonds. The maximum atomic E-state index is 12.8. The van der Waals surface area contributed by atoms with E-state index in [1.807, 2.05) is 69.3 Å². The van der Waals surface area contributed by atoms with Gasteiger partial charge in [0.25, 0.3) is 0 Å². The van der Waals surface area contributed by atoms with E-state index >= 15 is 0 Å². The first-order valence-electron chi connectivity index (χ1n) is 9.66. The molecule has 1 atom stereocenters. The van der Waals surface area contributed by atoms with E-state index in [0.717, 1.165) is 29.0 Å². The Morgan fingerprint density at radius 3 is 2.43 bits per heavy atom. The molecule has 5 nitrogen and oxygen atoms in total. The Morgan fingerprint density at radius 1 is 1.07 bits per heavy atom. The Balaban J connectivity index is 1.70. The molecule has 5 heteroatoms. The predicted molar refractivity (Wildman–Crippen MR) is 111 cm³/mol. The van der Waals surface area contributed by atoms with Gasteiger partial charge < -0.3 is 15.0 Å². The van der Waals surface area contributed by atoms with Gasteiger partial charge in [-0.3, -0.25) is 9.59 Å². The van der Waals surface area contributed by atoms with Gasteiger partial charge in [0.15, 0.2) is 0 Å². The van der Waals surface area contributed by atoms with Gasteiger partial charge in [-0.1, -0.05) is 45.0 Å². The first kappa shape index (κ1) is 19.9. The molecule has 1 aliphatic heterocycles. The fraction of sp³-hybridized carbons (Fsp3) is 0.391.